The Morgan fingerprint density at radius 1 is 1.00 bits per heavy atom. The van der Waals surface area contributed by atoms with Crippen molar-refractivity contribution in [3.05, 3.63) is 0 Å². The highest BCUT2D eigenvalue weighted by molar-refractivity contribution is 4.99. The van der Waals surface area contributed by atoms with Crippen molar-refractivity contribution in [2.45, 2.75) is 90.8 Å². The molecule has 3 unspecified atom stereocenters. The molecule has 0 aromatic carbocycles. The zero-order chi connectivity index (χ0) is 14.9. The van der Waals surface area contributed by atoms with Gasteiger partial charge in [0.2, 0.25) is 0 Å². The highest BCUT2D eigenvalue weighted by Crippen LogP contribution is 2.42. The van der Waals surface area contributed by atoms with Crippen molar-refractivity contribution in [2.75, 3.05) is 13.1 Å². The first-order chi connectivity index (χ1) is 10.1. The fourth-order valence-electron chi connectivity index (χ4n) is 5.14. The third-order valence-electron chi connectivity index (χ3n) is 6.36. The maximum atomic E-state index is 3.85. The van der Waals surface area contributed by atoms with Crippen LogP contribution in [0.3, 0.4) is 0 Å². The molecule has 1 aliphatic carbocycles. The van der Waals surface area contributed by atoms with E-state index in [4.69, 9.17) is 0 Å². The lowest BCUT2D eigenvalue weighted by Gasteiger charge is -2.40. The van der Waals surface area contributed by atoms with Crippen LogP contribution in [0.15, 0.2) is 0 Å². The molecule has 3 aliphatic rings. The molecule has 0 bridgehead atoms. The molecule has 0 amide bonds. The smallest absolute Gasteiger partial charge is 0.0629 e. The van der Waals surface area contributed by atoms with Crippen LogP contribution in [0.25, 0.3) is 0 Å². The van der Waals surface area contributed by atoms with Crippen molar-refractivity contribution >= 4 is 0 Å². The topological polar surface area (TPSA) is 15.3 Å². The van der Waals surface area contributed by atoms with Crippen LogP contribution in [0.4, 0.5) is 0 Å². The summed E-state index contributed by atoms with van der Waals surface area (Å²) in [6.45, 7) is 9.91. The second-order valence-electron chi connectivity index (χ2n) is 8.95. The Bertz CT molecular complexity index is 327. The fourth-order valence-corrected chi connectivity index (χ4v) is 5.14. The van der Waals surface area contributed by atoms with Crippen molar-refractivity contribution in [2.24, 2.45) is 17.3 Å². The summed E-state index contributed by atoms with van der Waals surface area (Å²) >= 11 is 0. The number of fused-ring (bicyclic) bond motifs is 1. The van der Waals surface area contributed by atoms with Gasteiger partial charge in [0.25, 0.3) is 0 Å². The van der Waals surface area contributed by atoms with Gasteiger partial charge < -0.3 is 5.32 Å². The Morgan fingerprint density at radius 2 is 1.76 bits per heavy atom. The second-order valence-corrected chi connectivity index (χ2v) is 8.95. The standard InChI is InChI=1S/C19H36N2/c1-19(2,3)17-14-16-10-7-12-20-18(16)21(17)13-11-15-8-5-4-6-9-15/h15-18,20H,4-14H2,1-3H3. The molecule has 3 fully saturated rings. The summed E-state index contributed by atoms with van der Waals surface area (Å²) in [5, 5.41) is 3.85. The first-order valence-electron chi connectivity index (χ1n) is 9.55. The molecule has 0 radical (unpaired) electrons. The van der Waals surface area contributed by atoms with E-state index in [1.807, 2.05) is 0 Å². The molecule has 3 atom stereocenters. The molecule has 0 spiro atoms. The van der Waals surface area contributed by atoms with Crippen molar-refractivity contribution in [1.29, 1.82) is 0 Å². The minimum Gasteiger partial charge on any atom is -0.301 e. The first kappa shape index (κ1) is 15.8. The molecule has 0 aromatic rings. The Morgan fingerprint density at radius 3 is 2.48 bits per heavy atom. The quantitative estimate of drug-likeness (QED) is 0.829. The molecule has 122 valence electrons. The molecule has 0 aromatic heterocycles. The summed E-state index contributed by atoms with van der Waals surface area (Å²) in [5.74, 6) is 1.93. The van der Waals surface area contributed by atoms with E-state index in [-0.39, 0.29) is 0 Å². The van der Waals surface area contributed by atoms with Gasteiger partial charge in [0.1, 0.15) is 0 Å². The van der Waals surface area contributed by atoms with Gasteiger partial charge in [0.05, 0.1) is 6.17 Å². The molecular formula is C19H36N2. The highest BCUT2D eigenvalue weighted by Gasteiger charge is 2.46. The van der Waals surface area contributed by atoms with Crippen LogP contribution in [0, 0.1) is 17.3 Å². The van der Waals surface area contributed by atoms with Crippen LogP contribution in [-0.2, 0) is 0 Å². The van der Waals surface area contributed by atoms with E-state index in [0.29, 0.717) is 11.6 Å². The largest absolute Gasteiger partial charge is 0.301 e. The molecule has 1 N–H and O–H groups in total. The van der Waals surface area contributed by atoms with Gasteiger partial charge in [0.15, 0.2) is 0 Å². The predicted octanol–water partition coefficient (Wildman–Crippen LogP) is 4.40. The Hall–Kier alpha value is -0.0800. The van der Waals surface area contributed by atoms with E-state index in [0.717, 1.165) is 17.9 Å². The lowest BCUT2D eigenvalue weighted by molar-refractivity contribution is 0.0737. The normalized spacial score (nSPS) is 35.9. The van der Waals surface area contributed by atoms with Crippen LogP contribution in [0.5, 0.6) is 0 Å². The number of likely N-dealkylation sites (tertiary alicyclic amines) is 1. The van der Waals surface area contributed by atoms with Gasteiger partial charge in [-0.1, -0.05) is 52.9 Å². The monoisotopic (exact) mass is 292 g/mol. The van der Waals surface area contributed by atoms with Gasteiger partial charge in [-0.15, -0.1) is 0 Å². The van der Waals surface area contributed by atoms with Gasteiger partial charge in [-0.2, -0.15) is 0 Å². The second kappa shape index (κ2) is 6.58. The molecule has 21 heavy (non-hydrogen) atoms. The van der Waals surface area contributed by atoms with E-state index < -0.39 is 0 Å². The molecule has 2 saturated heterocycles. The van der Waals surface area contributed by atoms with Crippen LogP contribution >= 0.6 is 0 Å². The third-order valence-corrected chi connectivity index (χ3v) is 6.36. The van der Waals surface area contributed by atoms with Crippen LogP contribution in [-0.4, -0.2) is 30.2 Å². The zero-order valence-electron chi connectivity index (χ0n) is 14.5. The van der Waals surface area contributed by atoms with E-state index in [1.54, 1.807) is 0 Å². The van der Waals surface area contributed by atoms with Crippen molar-refractivity contribution in [1.82, 2.24) is 10.2 Å². The van der Waals surface area contributed by atoms with Gasteiger partial charge >= 0.3 is 0 Å². The van der Waals surface area contributed by atoms with Crippen LogP contribution in [0.1, 0.15) is 78.6 Å². The van der Waals surface area contributed by atoms with E-state index >= 15 is 0 Å². The number of hydrogen-bond donors (Lipinski definition) is 1. The summed E-state index contributed by atoms with van der Waals surface area (Å²) < 4.78 is 0. The summed E-state index contributed by atoms with van der Waals surface area (Å²) in [7, 11) is 0. The lowest BCUT2D eigenvalue weighted by atomic mass is 9.82. The molecule has 1 saturated carbocycles. The summed E-state index contributed by atoms with van der Waals surface area (Å²) in [5.41, 5.74) is 0.422. The summed E-state index contributed by atoms with van der Waals surface area (Å²) in [6.07, 6.45) is 13.8. The summed E-state index contributed by atoms with van der Waals surface area (Å²) in [4.78, 5) is 2.87. The molecule has 3 rings (SSSR count). The number of nitrogens with one attached hydrogen (secondary N) is 1. The molecule has 2 nitrogen and oxygen atoms in total. The van der Waals surface area contributed by atoms with Gasteiger partial charge in [-0.3, -0.25) is 4.90 Å². The average molecular weight is 293 g/mol. The predicted molar refractivity (Wildman–Crippen MR) is 90.3 cm³/mol. The highest BCUT2D eigenvalue weighted by atomic mass is 15.3. The molecule has 2 aliphatic heterocycles. The Labute approximate surface area is 132 Å². The maximum absolute atomic E-state index is 3.85. The number of hydrogen-bond acceptors (Lipinski definition) is 2. The van der Waals surface area contributed by atoms with E-state index in [9.17, 15) is 0 Å². The minimum atomic E-state index is 0.422. The van der Waals surface area contributed by atoms with Gasteiger partial charge in [-0.25, -0.2) is 0 Å². The number of rotatable bonds is 3. The van der Waals surface area contributed by atoms with Crippen LogP contribution < -0.4 is 5.32 Å². The van der Waals surface area contributed by atoms with Gasteiger partial charge in [0, 0.05) is 12.6 Å². The fraction of sp³-hybridized carbons (Fsp3) is 1.00. The van der Waals surface area contributed by atoms with Gasteiger partial charge in [-0.05, 0) is 49.5 Å². The molecule has 2 heterocycles. The van der Waals surface area contributed by atoms with Crippen LogP contribution in [0.2, 0.25) is 0 Å². The average Bonchev–Trinajstić information content (AvgIpc) is 2.85. The molecular weight excluding hydrogens is 256 g/mol. The molecule has 2 heteroatoms. The van der Waals surface area contributed by atoms with E-state index in [1.165, 1.54) is 70.9 Å². The zero-order valence-corrected chi connectivity index (χ0v) is 14.5. The minimum absolute atomic E-state index is 0.422. The lowest BCUT2D eigenvalue weighted by Crippen LogP contribution is -2.52. The Balaban J connectivity index is 1.63. The van der Waals surface area contributed by atoms with Crippen molar-refractivity contribution < 1.29 is 0 Å². The Kier molecular flexibility index (Phi) is 4.95. The van der Waals surface area contributed by atoms with Crippen molar-refractivity contribution in [3.8, 4) is 0 Å². The first-order valence-corrected chi connectivity index (χ1v) is 9.55. The SMILES string of the molecule is CC(C)(C)C1CC2CCCNC2N1CCC1CCCCC1. The summed E-state index contributed by atoms with van der Waals surface area (Å²) in [6, 6.07) is 0.779. The third kappa shape index (κ3) is 3.64. The maximum Gasteiger partial charge on any atom is 0.0629 e. The van der Waals surface area contributed by atoms with Crippen molar-refractivity contribution in [3.63, 3.8) is 0 Å². The van der Waals surface area contributed by atoms with E-state index in [2.05, 4.69) is 31.0 Å². The number of piperidine rings is 1. The number of nitrogens with zero attached hydrogens (tertiary/aromatic N) is 1.